The molecule has 2 aromatic carbocycles. The van der Waals surface area contributed by atoms with Crippen LogP contribution >= 0.6 is 0 Å². The Kier molecular flexibility index (Phi) is 6.06. The number of ether oxygens (including phenoxy) is 1. The van der Waals surface area contributed by atoms with Crippen LogP contribution in [0.5, 0.6) is 5.75 Å². The highest BCUT2D eigenvalue weighted by molar-refractivity contribution is 6.21. The lowest BCUT2D eigenvalue weighted by atomic mass is 10.1. The van der Waals surface area contributed by atoms with Crippen LogP contribution in [0.3, 0.4) is 0 Å². The Hall–Kier alpha value is -3.19. The number of hydrogen-bond donors (Lipinski definition) is 2. The molecule has 1 aliphatic heterocycles. The number of nitrogens with one attached hydrogen (secondary N) is 2. The second-order valence-electron chi connectivity index (χ2n) is 6.39. The van der Waals surface area contributed by atoms with Gasteiger partial charge in [0.1, 0.15) is 5.75 Å². The van der Waals surface area contributed by atoms with Crippen LogP contribution in [0.1, 0.15) is 43.6 Å². The van der Waals surface area contributed by atoms with E-state index in [-0.39, 0.29) is 24.3 Å². The summed E-state index contributed by atoms with van der Waals surface area (Å²) in [4.78, 5) is 38.8. The van der Waals surface area contributed by atoms with Crippen molar-refractivity contribution in [1.82, 2.24) is 15.5 Å². The van der Waals surface area contributed by atoms with Crippen molar-refractivity contribution >= 4 is 17.7 Å². The first-order valence-electron chi connectivity index (χ1n) is 9.17. The number of hydrogen-bond acceptors (Lipinski definition) is 5. The number of imide groups is 1. The van der Waals surface area contributed by atoms with Crippen molar-refractivity contribution in [2.45, 2.75) is 13.5 Å². The molecule has 0 aliphatic carbocycles. The van der Waals surface area contributed by atoms with Gasteiger partial charge in [-0.1, -0.05) is 25.1 Å². The molecule has 7 heteroatoms. The standard InChI is InChI=1S/C21H23N3O4/c1-3-22-10-11-23-19(25)17-12-14(8-9-18(17)28-2)13-24-20(26)15-6-4-5-7-16(15)21(24)27/h4-9,12,22H,3,10-11,13H2,1-2H3,(H,23,25). The number of fused-ring (bicyclic) bond motifs is 1. The molecule has 0 saturated heterocycles. The van der Waals surface area contributed by atoms with Crippen molar-refractivity contribution in [3.63, 3.8) is 0 Å². The van der Waals surface area contributed by atoms with Gasteiger partial charge in [-0.15, -0.1) is 0 Å². The van der Waals surface area contributed by atoms with E-state index >= 15 is 0 Å². The minimum absolute atomic E-state index is 0.0913. The van der Waals surface area contributed by atoms with Crippen LogP contribution in [-0.2, 0) is 6.54 Å². The smallest absolute Gasteiger partial charge is 0.261 e. The van der Waals surface area contributed by atoms with Gasteiger partial charge < -0.3 is 15.4 Å². The van der Waals surface area contributed by atoms with Crippen LogP contribution < -0.4 is 15.4 Å². The number of methoxy groups -OCH3 is 1. The fourth-order valence-corrected chi connectivity index (χ4v) is 3.13. The fourth-order valence-electron chi connectivity index (χ4n) is 3.13. The molecule has 0 radical (unpaired) electrons. The summed E-state index contributed by atoms with van der Waals surface area (Å²) in [5, 5.41) is 5.97. The lowest BCUT2D eigenvalue weighted by Gasteiger charge is -2.16. The minimum atomic E-state index is -0.326. The van der Waals surface area contributed by atoms with Gasteiger partial charge in [-0.3, -0.25) is 19.3 Å². The molecule has 3 rings (SSSR count). The van der Waals surface area contributed by atoms with Crippen molar-refractivity contribution < 1.29 is 19.1 Å². The molecule has 7 nitrogen and oxygen atoms in total. The van der Waals surface area contributed by atoms with E-state index in [0.717, 1.165) is 6.54 Å². The maximum atomic E-state index is 12.6. The van der Waals surface area contributed by atoms with E-state index in [1.807, 2.05) is 6.92 Å². The summed E-state index contributed by atoms with van der Waals surface area (Å²) in [6.07, 6.45) is 0. The zero-order valence-electron chi connectivity index (χ0n) is 16.0. The average molecular weight is 381 g/mol. The third kappa shape index (κ3) is 3.89. The van der Waals surface area contributed by atoms with Crippen molar-refractivity contribution in [2.24, 2.45) is 0 Å². The summed E-state index contributed by atoms with van der Waals surface area (Å²) in [7, 11) is 1.49. The highest BCUT2D eigenvalue weighted by atomic mass is 16.5. The minimum Gasteiger partial charge on any atom is -0.496 e. The van der Waals surface area contributed by atoms with Gasteiger partial charge in [0.2, 0.25) is 0 Å². The second-order valence-corrected chi connectivity index (χ2v) is 6.39. The molecule has 28 heavy (non-hydrogen) atoms. The van der Waals surface area contributed by atoms with Crippen molar-refractivity contribution in [3.05, 3.63) is 64.7 Å². The molecular formula is C21H23N3O4. The number of carbonyl (C=O) groups is 3. The first kappa shape index (κ1) is 19.6. The Bertz CT molecular complexity index is 875. The molecule has 0 aromatic heterocycles. The Morgan fingerprint density at radius 2 is 1.71 bits per heavy atom. The van der Waals surface area contributed by atoms with Gasteiger partial charge in [0.25, 0.3) is 17.7 Å². The summed E-state index contributed by atoms with van der Waals surface area (Å²) < 4.78 is 5.29. The van der Waals surface area contributed by atoms with Crippen molar-refractivity contribution in [2.75, 3.05) is 26.7 Å². The first-order chi connectivity index (χ1) is 13.6. The van der Waals surface area contributed by atoms with Crippen LogP contribution in [0.4, 0.5) is 0 Å². The van der Waals surface area contributed by atoms with Gasteiger partial charge in [-0.05, 0) is 36.4 Å². The lowest BCUT2D eigenvalue weighted by molar-refractivity contribution is 0.0642. The van der Waals surface area contributed by atoms with Gasteiger partial charge in [-0.2, -0.15) is 0 Å². The Balaban J connectivity index is 1.77. The van der Waals surface area contributed by atoms with E-state index in [4.69, 9.17) is 4.74 Å². The topological polar surface area (TPSA) is 87.7 Å². The molecule has 2 N–H and O–H groups in total. The monoisotopic (exact) mass is 381 g/mol. The third-order valence-electron chi connectivity index (χ3n) is 4.56. The normalized spacial score (nSPS) is 12.9. The summed E-state index contributed by atoms with van der Waals surface area (Å²) in [6.45, 7) is 4.06. The number of nitrogens with zero attached hydrogens (tertiary/aromatic N) is 1. The van der Waals surface area contributed by atoms with Crippen LogP contribution in [0, 0.1) is 0 Å². The van der Waals surface area contributed by atoms with Crippen LogP contribution in [0.25, 0.3) is 0 Å². The quantitative estimate of drug-likeness (QED) is 0.538. The maximum Gasteiger partial charge on any atom is 0.261 e. The molecule has 1 aliphatic rings. The van der Waals surface area contributed by atoms with Crippen molar-refractivity contribution in [1.29, 1.82) is 0 Å². The molecule has 2 aromatic rings. The lowest BCUT2D eigenvalue weighted by Crippen LogP contribution is -2.32. The van der Waals surface area contributed by atoms with Gasteiger partial charge >= 0.3 is 0 Å². The number of carbonyl (C=O) groups excluding carboxylic acids is 3. The van der Waals surface area contributed by atoms with Crippen molar-refractivity contribution in [3.8, 4) is 5.75 Å². The van der Waals surface area contributed by atoms with E-state index in [1.165, 1.54) is 12.0 Å². The largest absolute Gasteiger partial charge is 0.496 e. The summed E-state index contributed by atoms with van der Waals surface area (Å²) in [5.41, 5.74) is 1.85. The molecule has 1 heterocycles. The van der Waals surface area contributed by atoms with E-state index < -0.39 is 0 Å². The molecule has 0 unspecified atom stereocenters. The number of amides is 3. The molecule has 3 amide bonds. The van der Waals surface area contributed by atoms with E-state index in [9.17, 15) is 14.4 Å². The Morgan fingerprint density at radius 1 is 1.04 bits per heavy atom. The molecule has 146 valence electrons. The number of rotatable bonds is 8. The molecule has 0 bridgehead atoms. The number of likely N-dealkylation sites (N-methyl/N-ethyl adjacent to an activating group) is 1. The van der Waals surface area contributed by atoms with Crippen LogP contribution in [-0.4, -0.2) is 49.4 Å². The summed E-state index contributed by atoms with van der Waals surface area (Å²) in [5.74, 6) is -0.479. The van der Waals surface area contributed by atoms with Crippen LogP contribution in [0.15, 0.2) is 42.5 Å². The van der Waals surface area contributed by atoms with E-state index in [2.05, 4.69) is 10.6 Å². The molecule has 0 saturated carbocycles. The summed E-state index contributed by atoms with van der Waals surface area (Å²) in [6, 6.07) is 11.8. The average Bonchev–Trinajstić information content (AvgIpc) is 2.96. The highest BCUT2D eigenvalue weighted by Crippen LogP contribution is 2.26. The SMILES string of the molecule is CCNCCNC(=O)c1cc(CN2C(=O)c3ccccc3C2=O)ccc1OC. The third-order valence-corrected chi connectivity index (χ3v) is 4.56. The predicted molar refractivity (Wildman–Crippen MR) is 105 cm³/mol. The molecule has 0 spiro atoms. The fraction of sp³-hybridized carbons (Fsp3) is 0.286. The van der Waals surface area contributed by atoms with Crippen LogP contribution in [0.2, 0.25) is 0 Å². The summed E-state index contributed by atoms with van der Waals surface area (Å²) >= 11 is 0. The van der Waals surface area contributed by atoms with Gasteiger partial charge in [-0.25, -0.2) is 0 Å². The van der Waals surface area contributed by atoms with Gasteiger partial charge in [0, 0.05) is 13.1 Å². The van der Waals surface area contributed by atoms with E-state index in [0.29, 0.717) is 41.1 Å². The molecule has 0 fully saturated rings. The zero-order chi connectivity index (χ0) is 20.1. The van der Waals surface area contributed by atoms with Gasteiger partial charge in [0.05, 0.1) is 30.3 Å². The number of benzene rings is 2. The van der Waals surface area contributed by atoms with Gasteiger partial charge in [0.15, 0.2) is 0 Å². The Morgan fingerprint density at radius 3 is 2.32 bits per heavy atom. The maximum absolute atomic E-state index is 12.6. The zero-order valence-corrected chi connectivity index (χ0v) is 16.0. The Labute approximate surface area is 163 Å². The first-order valence-corrected chi connectivity index (χ1v) is 9.17. The highest BCUT2D eigenvalue weighted by Gasteiger charge is 2.35. The second kappa shape index (κ2) is 8.67. The molecular weight excluding hydrogens is 358 g/mol. The predicted octanol–water partition coefficient (Wildman–Crippen LogP) is 1.83. The molecule has 0 atom stereocenters. The van der Waals surface area contributed by atoms with E-state index in [1.54, 1.807) is 42.5 Å².